The maximum absolute atomic E-state index is 2.52. The van der Waals surface area contributed by atoms with Crippen LogP contribution in [0, 0.1) is 0 Å². The van der Waals surface area contributed by atoms with Crippen LogP contribution in [0.25, 0.3) is 10.8 Å². The molecule has 3 aromatic rings. The summed E-state index contributed by atoms with van der Waals surface area (Å²) in [6, 6.07) is 24.0. The molecule has 0 radical (unpaired) electrons. The summed E-state index contributed by atoms with van der Waals surface area (Å²) < 4.78 is 0. The van der Waals surface area contributed by atoms with Gasteiger partial charge in [-0.2, -0.15) is 0 Å². The standard InChI is InChI=1S/C19H17N/c1-2-6-15(7-3-1)12-20-13-17-11-10-16-8-4-5-9-18(16)19(17)14-20/h1-11H,12-14H2. The van der Waals surface area contributed by atoms with E-state index in [1.807, 2.05) is 0 Å². The van der Waals surface area contributed by atoms with E-state index in [2.05, 4.69) is 71.6 Å². The highest BCUT2D eigenvalue weighted by Gasteiger charge is 2.20. The van der Waals surface area contributed by atoms with Crippen molar-refractivity contribution in [2.75, 3.05) is 0 Å². The van der Waals surface area contributed by atoms with Crippen LogP contribution >= 0.6 is 0 Å². The van der Waals surface area contributed by atoms with Crippen LogP contribution in [0.3, 0.4) is 0 Å². The van der Waals surface area contributed by atoms with Gasteiger partial charge in [-0.25, -0.2) is 0 Å². The Morgan fingerprint density at radius 1 is 0.750 bits per heavy atom. The highest BCUT2D eigenvalue weighted by atomic mass is 15.1. The minimum atomic E-state index is 1.03. The van der Waals surface area contributed by atoms with Gasteiger partial charge in [-0.15, -0.1) is 0 Å². The first-order valence-electron chi connectivity index (χ1n) is 7.16. The molecule has 0 N–H and O–H groups in total. The van der Waals surface area contributed by atoms with Crippen molar-refractivity contribution in [3.63, 3.8) is 0 Å². The molecule has 0 saturated heterocycles. The molecule has 1 heteroatoms. The van der Waals surface area contributed by atoms with Gasteiger partial charge in [-0.1, -0.05) is 66.7 Å². The second-order valence-electron chi connectivity index (χ2n) is 5.56. The number of rotatable bonds is 2. The van der Waals surface area contributed by atoms with Crippen molar-refractivity contribution >= 4 is 10.8 Å². The number of hydrogen-bond donors (Lipinski definition) is 0. The maximum Gasteiger partial charge on any atom is 0.0250 e. The fourth-order valence-electron chi connectivity index (χ4n) is 3.19. The molecule has 4 rings (SSSR count). The van der Waals surface area contributed by atoms with Gasteiger partial charge in [0.05, 0.1) is 0 Å². The lowest BCUT2D eigenvalue weighted by molar-refractivity contribution is 0.276. The van der Waals surface area contributed by atoms with E-state index in [1.54, 1.807) is 0 Å². The van der Waals surface area contributed by atoms with Crippen molar-refractivity contribution < 1.29 is 0 Å². The fourth-order valence-corrected chi connectivity index (χ4v) is 3.19. The number of nitrogens with zero attached hydrogens (tertiary/aromatic N) is 1. The SMILES string of the molecule is c1ccc(CN2Cc3ccc4ccccc4c3C2)cc1. The van der Waals surface area contributed by atoms with E-state index < -0.39 is 0 Å². The predicted molar refractivity (Wildman–Crippen MR) is 83.3 cm³/mol. The summed E-state index contributed by atoms with van der Waals surface area (Å²) in [4.78, 5) is 2.52. The summed E-state index contributed by atoms with van der Waals surface area (Å²) in [6.07, 6.45) is 0. The van der Waals surface area contributed by atoms with E-state index in [4.69, 9.17) is 0 Å². The monoisotopic (exact) mass is 259 g/mol. The van der Waals surface area contributed by atoms with Gasteiger partial charge in [-0.3, -0.25) is 4.90 Å². The summed E-state index contributed by atoms with van der Waals surface area (Å²) in [5.41, 5.74) is 4.39. The molecule has 0 atom stereocenters. The summed E-state index contributed by atoms with van der Waals surface area (Å²) in [6.45, 7) is 3.16. The Labute approximate surface area is 119 Å². The summed E-state index contributed by atoms with van der Waals surface area (Å²) >= 11 is 0. The molecule has 3 aromatic carbocycles. The van der Waals surface area contributed by atoms with E-state index in [9.17, 15) is 0 Å². The first-order chi connectivity index (χ1) is 9.90. The zero-order valence-electron chi connectivity index (χ0n) is 11.4. The van der Waals surface area contributed by atoms with Gasteiger partial charge < -0.3 is 0 Å². The molecular formula is C19H17N. The second-order valence-corrected chi connectivity index (χ2v) is 5.56. The van der Waals surface area contributed by atoms with Gasteiger partial charge in [-0.05, 0) is 27.5 Å². The second kappa shape index (κ2) is 4.77. The molecule has 1 heterocycles. The molecule has 0 aromatic heterocycles. The molecule has 1 aliphatic rings. The van der Waals surface area contributed by atoms with Crippen LogP contribution in [-0.2, 0) is 19.6 Å². The van der Waals surface area contributed by atoms with Gasteiger partial charge in [0.2, 0.25) is 0 Å². The molecule has 1 aliphatic heterocycles. The third-order valence-electron chi connectivity index (χ3n) is 4.16. The Morgan fingerprint density at radius 2 is 1.55 bits per heavy atom. The van der Waals surface area contributed by atoms with Gasteiger partial charge in [0, 0.05) is 19.6 Å². The average molecular weight is 259 g/mol. The molecule has 0 amide bonds. The maximum atomic E-state index is 2.52. The highest BCUT2D eigenvalue weighted by molar-refractivity contribution is 5.87. The van der Waals surface area contributed by atoms with Crippen LogP contribution in [-0.4, -0.2) is 4.90 Å². The van der Waals surface area contributed by atoms with Crippen molar-refractivity contribution in [3.05, 3.63) is 83.4 Å². The molecular weight excluding hydrogens is 242 g/mol. The molecule has 0 spiro atoms. The third-order valence-corrected chi connectivity index (χ3v) is 4.16. The number of benzene rings is 3. The predicted octanol–water partition coefficient (Wildman–Crippen LogP) is 4.36. The quantitative estimate of drug-likeness (QED) is 0.661. The van der Waals surface area contributed by atoms with Crippen LogP contribution in [0.4, 0.5) is 0 Å². The van der Waals surface area contributed by atoms with Crippen molar-refractivity contribution in [2.45, 2.75) is 19.6 Å². The van der Waals surface area contributed by atoms with Crippen LogP contribution in [0.15, 0.2) is 66.7 Å². The first kappa shape index (κ1) is 11.7. The lowest BCUT2D eigenvalue weighted by atomic mass is 10.0. The Balaban J connectivity index is 1.65. The third kappa shape index (κ3) is 2.00. The molecule has 0 fully saturated rings. The molecule has 0 unspecified atom stereocenters. The minimum absolute atomic E-state index is 1.03. The summed E-state index contributed by atoms with van der Waals surface area (Å²) in [7, 11) is 0. The Bertz CT molecular complexity index is 746. The summed E-state index contributed by atoms with van der Waals surface area (Å²) in [5.74, 6) is 0. The first-order valence-corrected chi connectivity index (χ1v) is 7.16. The smallest absolute Gasteiger partial charge is 0.0250 e. The molecule has 1 nitrogen and oxygen atoms in total. The zero-order valence-corrected chi connectivity index (χ0v) is 11.4. The molecule has 0 aliphatic carbocycles. The van der Waals surface area contributed by atoms with Crippen LogP contribution < -0.4 is 0 Å². The van der Waals surface area contributed by atoms with Gasteiger partial charge in [0.15, 0.2) is 0 Å². The van der Waals surface area contributed by atoms with Crippen LogP contribution in [0.1, 0.15) is 16.7 Å². The van der Waals surface area contributed by atoms with Crippen LogP contribution in [0.2, 0.25) is 0 Å². The van der Waals surface area contributed by atoms with Crippen molar-refractivity contribution in [2.24, 2.45) is 0 Å². The highest BCUT2D eigenvalue weighted by Crippen LogP contribution is 2.30. The van der Waals surface area contributed by atoms with Crippen molar-refractivity contribution in [1.82, 2.24) is 4.90 Å². The average Bonchev–Trinajstić information content (AvgIpc) is 2.91. The normalized spacial score (nSPS) is 14.6. The molecule has 20 heavy (non-hydrogen) atoms. The minimum Gasteiger partial charge on any atom is -0.291 e. The van der Waals surface area contributed by atoms with E-state index in [0.717, 1.165) is 19.6 Å². The van der Waals surface area contributed by atoms with E-state index in [0.29, 0.717) is 0 Å². The fraction of sp³-hybridized carbons (Fsp3) is 0.158. The van der Waals surface area contributed by atoms with Crippen molar-refractivity contribution in [1.29, 1.82) is 0 Å². The zero-order chi connectivity index (χ0) is 13.4. The van der Waals surface area contributed by atoms with Gasteiger partial charge in [0.25, 0.3) is 0 Å². The van der Waals surface area contributed by atoms with E-state index in [-0.39, 0.29) is 0 Å². The Kier molecular flexibility index (Phi) is 2.79. The van der Waals surface area contributed by atoms with E-state index in [1.165, 1.54) is 27.5 Å². The molecule has 98 valence electrons. The number of fused-ring (bicyclic) bond motifs is 3. The van der Waals surface area contributed by atoms with Gasteiger partial charge >= 0.3 is 0 Å². The van der Waals surface area contributed by atoms with Gasteiger partial charge in [0.1, 0.15) is 0 Å². The Hall–Kier alpha value is -2.12. The van der Waals surface area contributed by atoms with Crippen LogP contribution in [0.5, 0.6) is 0 Å². The van der Waals surface area contributed by atoms with Crippen molar-refractivity contribution in [3.8, 4) is 0 Å². The van der Waals surface area contributed by atoms with E-state index >= 15 is 0 Å². The Morgan fingerprint density at radius 3 is 2.45 bits per heavy atom. The summed E-state index contributed by atoms with van der Waals surface area (Å²) in [5, 5.41) is 2.77. The number of hydrogen-bond acceptors (Lipinski definition) is 1. The lowest BCUT2D eigenvalue weighted by Gasteiger charge is -2.14. The topological polar surface area (TPSA) is 3.24 Å². The molecule has 0 bridgehead atoms. The molecule has 0 saturated carbocycles. The lowest BCUT2D eigenvalue weighted by Crippen LogP contribution is -2.15. The largest absolute Gasteiger partial charge is 0.291 e.